The van der Waals surface area contributed by atoms with Gasteiger partial charge in [-0.15, -0.1) is 0 Å². The number of nitrogens with two attached hydrogens (primary N) is 3. The van der Waals surface area contributed by atoms with Gasteiger partial charge < -0.3 is 185 Å². The van der Waals surface area contributed by atoms with E-state index in [4.69, 9.17) is 22.6 Å². The van der Waals surface area contributed by atoms with Crippen molar-refractivity contribution in [3.63, 3.8) is 0 Å². The number of nitrogens with one attached hydrogen (secondary N) is 21. The number of carboxylic acids is 3. The zero-order valence-corrected chi connectivity index (χ0v) is 83.0. The predicted octanol–water partition coefficient (Wildman–Crippen LogP) is -15.2. The van der Waals surface area contributed by atoms with Crippen molar-refractivity contribution in [2.24, 2.45) is 35.0 Å². The van der Waals surface area contributed by atoms with E-state index in [1.165, 1.54) is 32.9 Å². The molecule has 0 aliphatic rings. The van der Waals surface area contributed by atoms with E-state index in [-0.39, 0.29) is 49.5 Å². The molecule has 2 aromatic carbocycles. The molecule has 0 saturated heterocycles. The topological polar surface area (TPSA) is 978 Å². The predicted molar refractivity (Wildman–Crippen MR) is 513 cm³/mol. The second kappa shape index (κ2) is 65.4. The Morgan fingerprint density at radius 2 is 0.676 bits per heavy atom. The lowest BCUT2D eigenvalue weighted by atomic mass is 9.97. The second-order valence-corrected chi connectivity index (χ2v) is 35.3. The molecule has 20 amide bonds. The first-order valence-electron chi connectivity index (χ1n) is 46.8. The van der Waals surface area contributed by atoms with Crippen molar-refractivity contribution in [3.05, 3.63) is 65.7 Å². The average Bonchev–Trinajstić information content (AvgIpc) is 0.839. The maximum atomic E-state index is 14.6. The van der Waals surface area contributed by atoms with Gasteiger partial charge in [-0.3, -0.25) is 116 Å². The Kier molecular flexibility index (Phi) is 57.1. The molecule has 39 N–H and O–H groups in total. The number of guanidine groups is 1. The molecule has 0 fully saturated rings. The third-order valence-corrected chi connectivity index (χ3v) is 22.1. The van der Waals surface area contributed by atoms with E-state index in [0.717, 1.165) is 39.8 Å². The number of carbonyl (C=O) groups excluding carboxylic acids is 20. The van der Waals surface area contributed by atoms with E-state index >= 15 is 0 Å². The Balaban J connectivity index is 2.37. The van der Waals surface area contributed by atoms with Crippen molar-refractivity contribution >= 4 is 142 Å². The van der Waals surface area contributed by atoms with Gasteiger partial charge in [-0.05, 0) is 101 Å². The molecule has 0 heterocycles. The van der Waals surface area contributed by atoms with Crippen LogP contribution in [0.2, 0.25) is 0 Å². The van der Waals surface area contributed by atoms with E-state index in [1.807, 2.05) is 26.6 Å². The van der Waals surface area contributed by atoms with Crippen LogP contribution in [-0.4, -0.2) is 383 Å². The molecule has 0 bridgehead atoms. The van der Waals surface area contributed by atoms with Crippen LogP contribution in [-0.2, 0) is 123 Å². The minimum absolute atomic E-state index is 0.0832. The van der Waals surface area contributed by atoms with Crippen LogP contribution in [0.15, 0.2) is 54.6 Å². The minimum Gasteiger partial charge on any atom is -0.508 e. The number of benzene rings is 2. The first-order chi connectivity index (χ1) is 69.4. The van der Waals surface area contributed by atoms with Crippen LogP contribution in [0, 0.1) is 23.2 Å². The van der Waals surface area contributed by atoms with Crippen LogP contribution < -0.4 is 124 Å². The number of rotatable bonds is 68. The number of aliphatic carboxylic acids is 3. The highest BCUT2D eigenvalue weighted by atomic mass is 16.4. The molecule has 0 spiro atoms. The van der Waals surface area contributed by atoms with E-state index in [2.05, 4.69) is 79.8 Å². The van der Waals surface area contributed by atoms with E-state index in [9.17, 15) is 172 Å². The number of hydrogen-bond acceptors (Lipinski definition) is 34. The highest BCUT2D eigenvalue weighted by Gasteiger charge is 2.43. The molecule has 0 radical (unpaired) electrons. The Morgan fingerprint density at radius 1 is 0.345 bits per heavy atom. The van der Waals surface area contributed by atoms with Crippen molar-refractivity contribution in [1.82, 2.24) is 106 Å². The van der Waals surface area contributed by atoms with Gasteiger partial charge in [-0.1, -0.05) is 90.4 Å². The van der Waals surface area contributed by atoms with Gasteiger partial charge in [-0.2, -0.15) is 0 Å². The molecule has 0 aliphatic heterocycles. The Morgan fingerprint density at radius 3 is 1.10 bits per heavy atom. The van der Waals surface area contributed by atoms with Crippen LogP contribution in [0.1, 0.15) is 138 Å². The molecule has 0 aromatic heterocycles. The molecule has 0 unspecified atom stereocenters. The third-order valence-electron chi connectivity index (χ3n) is 22.1. The number of hydrogen-bond donors (Lipinski definition) is 36. The lowest BCUT2D eigenvalue weighted by molar-refractivity contribution is -0.142. The summed E-state index contributed by atoms with van der Waals surface area (Å²) in [6.07, 6.45) is -10.5. The minimum atomic E-state index is -2.32. The van der Waals surface area contributed by atoms with Crippen molar-refractivity contribution in [1.29, 1.82) is 5.41 Å². The number of carboxylic acid groups (broad SMARTS) is 3. The van der Waals surface area contributed by atoms with Gasteiger partial charge in [0.05, 0.1) is 76.9 Å². The molecular weight excluding hydrogens is 1970 g/mol. The summed E-state index contributed by atoms with van der Waals surface area (Å²) >= 11 is 0. The van der Waals surface area contributed by atoms with Gasteiger partial charge in [0.1, 0.15) is 108 Å². The normalized spacial score (nSPS) is 15.6. The number of carbonyl (C=O) groups is 23. The summed E-state index contributed by atoms with van der Waals surface area (Å²) < 4.78 is 0. The van der Waals surface area contributed by atoms with Gasteiger partial charge in [0.2, 0.25) is 118 Å². The van der Waals surface area contributed by atoms with Gasteiger partial charge in [0.25, 0.3) is 0 Å². The lowest BCUT2D eigenvalue weighted by Crippen LogP contribution is -2.64. The standard InChI is InChI=1S/C89H140N24O35/c1-11-41(6)67(84(143)108-59(37-117)81(140)107-60(38-118)82(141)109-66(40(4)5)83(142)101-50(23-25-61(91)123)74(133)97-42(7)88(147)148)110-87(146)70(45(10)121)113-78(137)52(28-39(2)3)104-85(144)69(44(9)120)112-79(138)54(30-47-19-21-48(122)22-20-47)103-77(136)55(31-65(128)129)105-86(145)68(43(8)119)111-75(134)51(24-26-64(126)127)100-80(139)58(36-116)99-63(125)33-95-72(131)56(34-114)98-62(124)32-96-73(132)57(35-115)106-76(135)53(29-46-16-13-12-14-17-46)102-71(130)49(90)18-15-27-94-89(92)93/h12-14,16-17,19-22,39-45,49-60,66-70,114-122H,11,15,18,23-38,90H2,1-10H3,(H2,91,123)(H,95,131)(H,96,132)(H,97,133)(H,98,124)(H,99,125)(H,100,139)(H,101,142)(H,102,130)(H,103,136)(H,104,144)(H,105,145)(H,106,135)(H,107,140)(H,108,143)(H,109,141)(H,110,146)(H,111,134)(H,112,138)(H,113,137)(H,126,127)(H,128,129)(H,147,148)(H4,92,93,94)/t41-,42-,43+,44+,45+,49-,50-,51-,52-,53-,54-,55-,56-,57-,58-,59-,60-,66-,67-,68-,69-,70-/m0/s1. The smallest absolute Gasteiger partial charge is 0.325 e. The quantitative estimate of drug-likeness (QED) is 0.0166. The van der Waals surface area contributed by atoms with Gasteiger partial charge in [0, 0.05) is 32.2 Å². The Labute approximate surface area is 848 Å². The van der Waals surface area contributed by atoms with E-state index < -0.39 is 366 Å². The number of phenols is 1. The first kappa shape index (κ1) is 129. The molecule has 0 aliphatic carbocycles. The number of aliphatic hydroxyl groups is 8. The molecule has 22 atom stereocenters. The third kappa shape index (κ3) is 46.6. The zero-order chi connectivity index (χ0) is 112. The summed E-state index contributed by atoms with van der Waals surface area (Å²) in [5, 5.41) is 175. The SMILES string of the molecule is CC[C@H](C)[C@H](NC(=O)[C@@H](NC(=O)[C@H](CC(C)C)NC(=O)[C@@H](NC(=O)[C@H](Cc1ccc(O)cc1)NC(=O)[C@H](CC(=O)O)NC(=O)[C@@H](NC(=O)[C@H](CCC(=O)O)NC(=O)[C@H](CO)NC(=O)CNC(=O)[C@H](CO)NC(=O)CNC(=O)[C@H](CO)NC(=O)[C@H](Cc1ccccc1)NC(=O)[C@@H](N)CCCNC(=N)N)[C@@H](C)O)[C@@H](C)O)[C@@H](C)O)C(=O)N[C@@H](CO)C(=O)N[C@@H](CO)C(=O)N[C@H](C(=O)N[C@@H](CCC(N)=O)C(=O)N[C@@H](C)C(=O)O)C(C)C. The fourth-order valence-corrected chi connectivity index (χ4v) is 13.5. The summed E-state index contributed by atoms with van der Waals surface area (Å²) in [5.41, 5.74) is 17.2. The van der Waals surface area contributed by atoms with Gasteiger partial charge in [0.15, 0.2) is 5.96 Å². The summed E-state index contributed by atoms with van der Waals surface area (Å²) in [6, 6.07) is -20.0. The van der Waals surface area contributed by atoms with Gasteiger partial charge >= 0.3 is 17.9 Å². The number of aromatic hydroxyl groups is 1. The second-order valence-electron chi connectivity index (χ2n) is 35.3. The summed E-state index contributed by atoms with van der Waals surface area (Å²) in [6.45, 7) is 5.26. The average molecular weight is 2110 g/mol. The van der Waals surface area contributed by atoms with Gasteiger partial charge in [-0.25, -0.2) is 0 Å². The van der Waals surface area contributed by atoms with E-state index in [0.29, 0.717) is 12.0 Å². The fraction of sp³-hybridized carbons (Fsp3) is 0.596. The molecule has 2 rings (SSSR count). The van der Waals surface area contributed by atoms with Crippen LogP contribution in [0.4, 0.5) is 0 Å². The van der Waals surface area contributed by atoms with Crippen LogP contribution in [0.5, 0.6) is 5.75 Å². The monoisotopic (exact) mass is 2100 g/mol. The molecule has 0 saturated carbocycles. The molecule has 826 valence electrons. The molecular formula is C89H140N24O35. The number of aliphatic hydroxyl groups excluding tert-OH is 8. The summed E-state index contributed by atoms with van der Waals surface area (Å²) in [5.74, 6) is -32.4. The summed E-state index contributed by atoms with van der Waals surface area (Å²) in [7, 11) is 0. The summed E-state index contributed by atoms with van der Waals surface area (Å²) in [4.78, 5) is 309. The highest BCUT2D eigenvalue weighted by Crippen LogP contribution is 2.18. The van der Waals surface area contributed by atoms with Crippen LogP contribution in [0.3, 0.4) is 0 Å². The molecule has 2 aromatic rings. The number of phenolic OH excluding ortho intramolecular Hbond substituents is 1. The van der Waals surface area contributed by atoms with Crippen molar-refractivity contribution in [3.8, 4) is 5.75 Å². The molecule has 59 nitrogen and oxygen atoms in total. The largest absolute Gasteiger partial charge is 0.508 e. The Hall–Kier alpha value is -15.0. The van der Waals surface area contributed by atoms with Crippen molar-refractivity contribution in [2.75, 3.05) is 52.7 Å². The zero-order valence-electron chi connectivity index (χ0n) is 83.0. The highest BCUT2D eigenvalue weighted by molar-refractivity contribution is 6.03. The van der Waals surface area contributed by atoms with Crippen LogP contribution in [0.25, 0.3) is 0 Å². The number of primary amides is 1. The molecule has 59 heteroatoms. The van der Waals surface area contributed by atoms with E-state index in [1.54, 1.807) is 51.1 Å². The maximum Gasteiger partial charge on any atom is 0.325 e. The Bertz CT molecular complexity index is 4880. The van der Waals surface area contributed by atoms with Crippen molar-refractivity contribution in [2.45, 2.75) is 267 Å². The fourth-order valence-electron chi connectivity index (χ4n) is 13.5. The molecule has 148 heavy (non-hydrogen) atoms. The van der Waals surface area contributed by atoms with Crippen LogP contribution >= 0.6 is 0 Å². The number of amides is 20. The lowest BCUT2D eigenvalue weighted by Gasteiger charge is -2.31. The first-order valence-corrected chi connectivity index (χ1v) is 46.8. The van der Waals surface area contributed by atoms with Crippen molar-refractivity contribution < 1.29 is 172 Å². The maximum absolute atomic E-state index is 14.6.